The number of ether oxygens (including phenoxy) is 1. The number of nitrogens with zero attached hydrogens (tertiary/aromatic N) is 2. The number of rotatable bonds is 9. The molecule has 0 spiro atoms. The van der Waals surface area contributed by atoms with E-state index in [-0.39, 0.29) is 30.6 Å². The minimum Gasteiger partial charge on any atom is -0.376 e. The Morgan fingerprint density at radius 3 is 2.52 bits per heavy atom. The molecular formula is C24H34FN3O4S. The van der Waals surface area contributed by atoms with E-state index in [0.29, 0.717) is 11.5 Å². The first kappa shape index (κ1) is 25.6. The standard InChI is InChI=1S/C24H34FN3O4S/c1-17-12-18(2)24(29)28(15-17)22(14-26-33(30,31)27(3)4)16-32-23-10-8-19(9-11-23)20-6-5-7-21(25)13-20/h5-7,12-13,15,19,22-23,26H,8-11,14,16H2,1-4H3/t19?,22-,23?/m1/s1. The Balaban J connectivity index is 1.67. The van der Waals surface area contributed by atoms with Crippen LogP contribution in [0.3, 0.4) is 0 Å². The maximum atomic E-state index is 13.6. The van der Waals surface area contributed by atoms with Crippen molar-refractivity contribution in [2.75, 3.05) is 27.2 Å². The highest BCUT2D eigenvalue weighted by Gasteiger charge is 2.25. The highest BCUT2D eigenvalue weighted by molar-refractivity contribution is 7.87. The predicted molar refractivity (Wildman–Crippen MR) is 127 cm³/mol. The molecule has 3 rings (SSSR count). The van der Waals surface area contributed by atoms with Gasteiger partial charge in [-0.15, -0.1) is 0 Å². The third-order valence-electron chi connectivity index (χ3n) is 6.25. The van der Waals surface area contributed by atoms with Crippen LogP contribution in [0.15, 0.2) is 41.3 Å². The predicted octanol–water partition coefficient (Wildman–Crippen LogP) is 3.28. The molecule has 33 heavy (non-hydrogen) atoms. The zero-order valence-corrected chi connectivity index (χ0v) is 20.6. The summed E-state index contributed by atoms with van der Waals surface area (Å²) in [7, 11) is -0.733. The number of pyridine rings is 1. The summed E-state index contributed by atoms with van der Waals surface area (Å²) < 4.78 is 49.5. The van der Waals surface area contributed by atoms with Crippen LogP contribution < -0.4 is 10.3 Å². The topological polar surface area (TPSA) is 80.6 Å². The summed E-state index contributed by atoms with van der Waals surface area (Å²) in [5.74, 6) is 0.0954. The smallest absolute Gasteiger partial charge is 0.279 e. The third-order valence-corrected chi connectivity index (χ3v) is 7.75. The summed E-state index contributed by atoms with van der Waals surface area (Å²) in [5, 5.41) is 0. The Morgan fingerprint density at radius 2 is 1.88 bits per heavy atom. The Hall–Kier alpha value is -2.07. The van der Waals surface area contributed by atoms with Gasteiger partial charge < -0.3 is 9.30 Å². The average molecular weight is 480 g/mol. The van der Waals surface area contributed by atoms with Crippen molar-refractivity contribution >= 4 is 10.2 Å². The molecule has 1 saturated carbocycles. The number of hydrogen-bond donors (Lipinski definition) is 1. The Kier molecular flexibility index (Phi) is 8.44. The van der Waals surface area contributed by atoms with E-state index in [2.05, 4.69) is 4.72 Å². The lowest BCUT2D eigenvalue weighted by Gasteiger charge is -2.31. The molecule has 7 nitrogen and oxygen atoms in total. The van der Waals surface area contributed by atoms with Crippen LogP contribution in [0.1, 0.15) is 54.3 Å². The summed E-state index contributed by atoms with van der Waals surface area (Å²) in [6.45, 7) is 3.91. The van der Waals surface area contributed by atoms with E-state index in [1.807, 2.05) is 19.1 Å². The molecule has 0 unspecified atom stereocenters. The molecule has 0 bridgehead atoms. The molecule has 0 aliphatic heterocycles. The van der Waals surface area contributed by atoms with Crippen molar-refractivity contribution in [3.8, 4) is 0 Å². The molecule has 1 aromatic carbocycles. The molecule has 0 radical (unpaired) electrons. The molecule has 1 fully saturated rings. The van der Waals surface area contributed by atoms with Gasteiger partial charge in [0, 0.05) is 32.4 Å². The zero-order chi connectivity index (χ0) is 24.2. The third kappa shape index (κ3) is 6.72. The molecule has 182 valence electrons. The average Bonchev–Trinajstić information content (AvgIpc) is 2.77. The monoisotopic (exact) mass is 479 g/mol. The molecule has 1 N–H and O–H groups in total. The summed E-state index contributed by atoms with van der Waals surface area (Å²) in [6.07, 6.45) is 5.22. The van der Waals surface area contributed by atoms with Gasteiger partial charge in [0.25, 0.3) is 15.8 Å². The van der Waals surface area contributed by atoms with Gasteiger partial charge in [0.1, 0.15) is 5.82 Å². The van der Waals surface area contributed by atoms with Crippen LogP contribution in [0.5, 0.6) is 0 Å². The first-order valence-corrected chi connectivity index (χ1v) is 12.7. The second-order valence-electron chi connectivity index (χ2n) is 9.06. The van der Waals surface area contributed by atoms with Crippen LogP contribution in [-0.4, -0.2) is 50.6 Å². The largest absolute Gasteiger partial charge is 0.376 e. The van der Waals surface area contributed by atoms with E-state index in [1.165, 1.54) is 20.2 Å². The zero-order valence-electron chi connectivity index (χ0n) is 19.8. The molecular weight excluding hydrogens is 445 g/mol. The second kappa shape index (κ2) is 10.9. The fourth-order valence-corrected chi connectivity index (χ4v) is 4.99. The Bertz CT molecular complexity index is 1110. The molecule has 1 aliphatic rings. The van der Waals surface area contributed by atoms with Crippen molar-refractivity contribution in [2.24, 2.45) is 0 Å². The van der Waals surface area contributed by atoms with Crippen molar-refractivity contribution in [3.05, 3.63) is 69.4 Å². The van der Waals surface area contributed by atoms with Gasteiger partial charge in [-0.3, -0.25) is 4.79 Å². The number of nitrogens with one attached hydrogen (secondary N) is 1. The number of halogens is 1. The first-order valence-electron chi connectivity index (χ1n) is 11.3. The SMILES string of the molecule is Cc1cc(C)c(=O)n([C@H](CNS(=O)(=O)N(C)C)COC2CCC(c3cccc(F)c3)CC2)c1. The van der Waals surface area contributed by atoms with Gasteiger partial charge in [-0.2, -0.15) is 17.4 Å². The van der Waals surface area contributed by atoms with Gasteiger partial charge in [-0.05, 0) is 74.8 Å². The van der Waals surface area contributed by atoms with Gasteiger partial charge in [0.05, 0.1) is 18.8 Å². The Labute approximate surface area is 195 Å². The number of aromatic nitrogens is 1. The van der Waals surface area contributed by atoms with Gasteiger partial charge >= 0.3 is 0 Å². The van der Waals surface area contributed by atoms with E-state index in [4.69, 9.17) is 4.74 Å². The number of benzene rings is 1. The van der Waals surface area contributed by atoms with Gasteiger partial charge in [-0.1, -0.05) is 12.1 Å². The van der Waals surface area contributed by atoms with E-state index >= 15 is 0 Å². The quantitative estimate of drug-likeness (QED) is 0.599. The lowest BCUT2D eigenvalue weighted by atomic mass is 9.83. The first-order chi connectivity index (χ1) is 15.6. The van der Waals surface area contributed by atoms with E-state index < -0.39 is 16.3 Å². The van der Waals surface area contributed by atoms with E-state index in [1.54, 1.807) is 29.8 Å². The highest BCUT2D eigenvalue weighted by Crippen LogP contribution is 2.34. The van der Waals surface area contributed by atoms with Crippen LogP contribution in [0, 0.1) is 19.7 Å². The normalized spacial score (nSPS) is 20.2. The Morgan fingerprint density at radius 1 is 1.18 bits per heavy atom. The van der Waals surface area contributed by atoms with Crippen molar-refractivity contribution in [1.29, 1.82) is 0 Å². The summed E-state index contributed by atoms with van der Waals surface area (Å²) in [6, 6.07) is 8.10. The fourth-order valence-electron chi connectivity index (χ4n) is 4.33. The van der Waals surface area contributed by atoms with E-state index in [9.17, 15) is 17.6 Å². The lowest BCUT2D eigenvalue weighted by molar-refractivity contribution is 0.00727. The molecule has 9 heteroatoms. The lowest BCUT2D eigenvalue weighted by Crippen LogP contribution is -2.42. The molecule has 2 aromatic rings. The van der Waals surface area contributed by atoms with Gasteiger partial charge in [0.2, 0.25) is 0 Å². The van der Waals surface area contributed by atoms with Gasteiger partial charge in [-0.25, -0.2) is 4.39 Å². The maximum Gasteiger partial charge on any atom is 0.279 e. The molecule has 0 saturated heterocycles. The van der Waals surface area contributed by atoms with Crippen molar-refractivity contribution in [2.45, 2.75) is 57.6 Å². The number of hydrogen-bond acceptors (Lipinski definition) is 4. The summed E-state index contributed by atoms with van der Waals surface area (Å²) in [4.78, 5) is 12.8. The maximum absolute atomic E-state index is 13.6. The minimum absolute atomic E-state index is 0.0179. The number of aryl methyl sites for hydroxylation is 2. The summed E-state index contributed by atoms with van der Waals surface area (Å²) in [5.41, 5.74) is 2.38. The minimum atomic E-state index is -3.64. The van der Waals surface area contributed by atoms with Crippen molar-refractivity contribution in [1.82, 2.24) is 13.6 Å². The highest BCUT2D eigenvalue weighted by atomic mass is 32.2. The molecule has 1 atom stereocenters. The van der Waals surface area contributed by atoms with Crippen LogP contribution >= 0.6 is 0 Å². The van der Waals surface area contributed by atoms with Crippen LogP contribution in [0.4, 0.5) is 4.39 Å². The molecule has 1 heterocycles. The second-order valence-corrected chi connectivity index (χ2v) is 11.0. The van der Waals surface area contributed by atoms with Gasteiger partial charge in [0.15, 0.2) is 0 Å². The molecule has 1 aliphatic carbocycles. The fraction of sp³-hybridized carbons (Fsp3) is 0.542. The van der Waals surface area contributed by atoms with Crippen LogP contribution in [-0.2, 0) is 14.9 Å². The molecule has 1 aromatic heterocycles. The van der Waals surface area contributed by atoms with Crippen LogP contribution in [0.25, 0.3) is 0 Å². The molecule has 0 amide bonds. The van der Waals surface area contributed by atoms with Crippen molar-refractivity contribution < 1.29 is 17.5 Å². The summed E-state index contributed by atoms with van der Waals surface area (Å²) >= 11 is 0. The van der Waals surface area contributed by atoms with E-state index in [0.717, 1.165) is 41.1 Å². The van der Waals surface area contributed by atoms with Crippen LogP contribution in [0.2, 0.25) is 0 Å². The van der Waals surface area contributed by atoms with Crippen molar-refractivity contribution in [3.63, 3.8) is 0 Å².